The van der Waals surface area contributed by atoms with E-state index in [-0.39, 0.29) is 17.4 Å². The molecule has 6 nitrogen and oxygen atoms in total. The van der Waals surface area contributed by atoms with E-state index in [0.29, 0.717) is 17.1 Å². The zero-order chi connectivity index (χ0) is 23.7. The van der Waals surface area contributed by atoms with Gasteiger partial charge in [-0.05, 0) is 61.5 Å². The smallest absolute Gasteiger partial charge is 0.289 e. The normalized spacial score (nSPS) is 18.3. The molecule has 0 radical (unpaired) electrons. The van der Waals surface area contributed by atoms with Crippen LogP contribution in [-0.4, -0.2) is 54.1 Å². The molecule has 34 heavy (non-hydrogen) atoms. The van der Waals surface area contributed by atoms with Crippen LogP contribution in [0.1, 0.15) is 48.3 Å². The van der Waals surface area contributed by atoms with Gasteiger partial charge in [-0.1, -0.05) is 42.5 Å². The Kier molecular flexibility index (Phi) is 6.21. The van der Waals surface area contributed by atoms with Crippen molar-refractivity contribution in [2.45, 2.75) is 32.2 Å². The molecule has 1 spiro atoms. The first kappa shape index (κ1) is 22.7. The summed E-state index contributed by atoms with van der Waals surface area (Å²) in [6.07, 6.45) is 3.07. The van der Waals surface area contributed by atoms with Crippen LogP contribution >= 0.6 is 12.2 Å². The summed E-state index contributed by atoms with van der Waals surface area (Å²) >= 11 is 5.75. The van der Waals surface area contributed by atoms with Gasteiger partial charge in [0.1, 0.15) is 0 Å². The van der Waals surface area contributed by atoms with E-state index in [1.807, 2.05) is 35.2 Å². The van der Waals surface area contributed by atoms with Crippen LogP contribution in [0.2, 0.25) is 0 Å². The molecule has 1 amide bonds. The van der Waals surface area contributed by atoms with Crippen LogP contribution in [0.25, 0.3) is 11.0 Å². The molecule has 3 aromatic rings. The highest BCUT2D eigenvalue weighted by molar-refractivity contribution is 7.80. The van der Waals surface area contributed by atoms with Crippen molar-refractivity contribution < 1.29 is 13.9 Å². The number of carbonyl (C=O) groups is 1. The molecule has 5 rings (SSSR count). The van der Waals surface area contributed by atoms with Crippen molar-refractivity contribution in [1.29, 1.82) is 0 Å². The van der Waals surface area contributed by atoms with Crippen molar-refractivity contribution in [2.75, 3.05) is 33.3 Å². The van der Waals surface area contributed by atoms with Crippen LogP contribution in [0, 0.1) is 5.41 Å². The van der Waals surface area contributed by atoms with Gasteiger partial charge in [-0.2, -0.15) is 0 Å². The van der Waals surface area contributed by atoms with Crippen LogP contribution in [-0.2, 0) is 0 Å². The summed E-state index contributed by atoms with van der Waals surface area (Å²) in [5.41, 5.74) is 2.07. The molecule has 2 aromatic carbocycles. The number of fused-ring (bicyclic) bond motifs is 1. The highest BCUT2D eigenvalue weighted by atomic mass is 32.1. The molecule has 1 atom stereocenters. The summed E-state index contributed by atoms with van der Waals surface area (Å²) in [7, 11) is 1.61. The minimum atomic E-state index is -0.0446. The second kappa shape index (κ2) is 9.29. The van der Waals surface area contributed by atoms with Crippen LogP contribution in [0.3, 0.4) is 0 Å². The summed E-state index contributed by atoms with van der Waals surface area (Å²) in [4.78, 5) is 17.4. The Balaban J connectivity index is 1.18. The first-order chi connectivity index (χ1) is 16.5. The lowest BCUT2D eigenvalue weighted by atomic mass is 9.78. The number of likely N-dealkylation sites (tertiary alicyclic amines) is 2. The van der Waals surface area contributed by atoms with Gasteiger partial charge in [0.2, 0.25) is 0 Å². The number of hydrogen-bond donors (Lipinski definition) is 1. The summed E-state index contributed by atoms with van der Waals surface area (Å²) < 4.78 is 11.3. The largest absolute Gasteiger partial charge is 0.493 e. The molecule has 178 valence electrons. The molecule has 2 fully saturated rings. The fourth-order valence-electron chi connectivity index (χ4n) is 5.26. The fourth-order valence-corrected chi connectivity index (χ4v) is 5.59. The molecule has 1 aromatic heterocycles. The van der Waals surface area contributed by atoms with Crippen LogP contribution in [0.5, 0.6) is 5.75 Å². The molecule has 2 aliphatic heterocycles. The Morgan fingerprint density at radius 1 is 1.06 bits per heavy atom. The number of nitrogens with one attached hydrogen (secondary N) is 1. The predicted molar refractivity (Wildman–Crippen MR) is 137 cm³/mol. The molecule has 1 unspecified atom stereocenters. The molecule has 0 bridgehead atoms. The third kappa shape index (κ3) is 4.37. The minimum Gasteiger partial charge on any atom is -0.493 e. The molecule has 3 heterocycles. The van der Waals surface area contributed by atoms with Gasteiger partial charge in [0, 0.05) is 31.6 Å². The van der Waals surface area contributed by atoms with Crippen molar-refractivity contribution in [3.63, 3.8) is 0 Å². The molecule has 2 aliphatic rings. The minimum absolute atomic E-state index is 0.0446. The van der Waals surface area contributed by atoms with E-state index in [1.54, 1.807) is 7.11 Å². The molecule has 0 aliphatic carbocycles. The average molecular weight is 478 g/mol. The maximum Gasteiger partial charge on any atom is 0.289 e. The molecule has 2 saturated heterocycles. The van der Waals surface area contributed by atoms with Gasteiger partial charge in [0.15, 0.2) is 22.2 Å². The molecular weight excluding hydrogens is 446 g/mol. The number of carbonyl (C=O) groups excluding carboxylic acids is 1. The predicted octanol–water partition coefficient (Wildman–Crippen LogP) is 5.01. The van der Waals surface area contributed by atoms with Gasteiger partial charge in [0.25, 0.3) is 5.91 Å². The first-order valence-electron chi connectivity index (χ1n) is 11.9. The zero-order valence-electron chi connectivity index (χ0n) is 19.8. The van der Waals surface area contributed by atoms with Crippen LogP contribution in [0.15, 0.2) is 59.0 Å². The molecule has 7 heteroatoms. The van der Waals surface area contributed by atoms with E-state index >= 15 is 0 Å². The van der Waals surface area contributed by atoms with Crippen LogP contribution in [0.4, 0.5) is 0 Å². The van der Waals surface area contributed by atoms with Crippen molar-refractivity contribution in [3.05, 3.63) is 65.9 Å². The standard InChI is InChI=1S/C27H31N3O3S/c1-19(20-7-4-3-5-8-20)28-26(34)30-16-13-27(18-30)11-14-29(15-12-27)25(31)23-17-21-9-6-10-22(32-2)24(21)33-23/h3-10,17,19H,11-16,18H2,1-2H3,(H,28,34). The van der Waals surface area contributed by atoms with E-state index in [0.717, 1.165) is 55.9 Å². The fraction of sp³-hybridized carbons (Fsp3) is 0.407. The van der Waals surface area contributed by atoms with Gasteiger partial charge < -0.3 is 24.3 Å². The third-order valence-corrected chi connectivity index (χ3v) is 7.79. The maximum atomic E-state index is 13.2. The van der Waals surface area contributed by atoms with Gasteiger partial charge in [-0.15, -0.1) is 0 Å². The number of nitrogens with zero attached hydrogens (tertiary/aromatic N) is 2. The second-order valence-electron chi connectivity index (χ2n) is 9.53. The number of amides is 1. The Labute approximate surface area is 205 Å². The molecule has 0 saturated carbocycles. The number of ether oxygens (including phenoxy) is 1. The van der Waals surface area contributed by atoms with Gasteiger partial charge in [-0.25, -0.2) is 0 Å². The van der Waals surface area contributed by atoms with E-state index < -0.39 is 0 Å². The van der Waals surface area contributed by atoms with Gasteiger partial charge in [0.05, 0.1) is 13.2 Å². The Hall–Kier alpha value is -3.06. The van der Waals surface area contributed by atoms with Crippen LogP contribution < -0.4 is 10.1 Å². The monoisotopic (exact) mass is 477 g/mol. The Morgan fingerprint density at radius 2 is 1.76 bits per heavy atom. The Morgan fingerprint density at radius 3 is 2.47 bits per heavy atom. The topological polar surface area (TPSA) is 58.0 Å². The summed E-state index contributed by atoms with van der Waals surface area (Å²) in [6, 6.07) is 18.1. The molecule has 1 N–H and O–H groups in total. The second-order valence-corrected chi connectivity index (χ2v) is 9.92. The lowest BCUT2D eigenvalue weighted by Crippen LogP contribution is -2.46. The van der Waals surface area contributed by atoms with Gasteiger partial charge >= 0.3 is 0 Å². The number of benzene rings is 2. The van der Waals surface area contributed by atoms with E-state index in [9.17, 15) is 4.79 Å². The highest BCUT2D eigenvalue weighted by Gasteiger charge is 2.42. The third-order valence-electron chi connectivity index (χ3n) is 7.42. The van der Waals surface area contributed by atoms with Crippen molar-refractivity contribution in [3.8, 4) is 5.75 Å². The number of furan rings is 1. The SMILES string of the molecule is COc1cccc2cc(C(=O)N3CCC4(CC3)CCN(C(=S)NC(C)c3ccccc3)C4)oc12. The van der Waals surface area contributed by atoms with E-state index in [1.165, 1.54) is 5.56 Å². The number of methoxy groups -OCH3 is 1. The summed E-state index contributed by atoms with van der Waals surface area (Å²) in [6.45, 7) is 5.53. The summed E-state index contributed by atoms with van der Waals surface area (Å²) in [5, 5.41) is 5.21. The van der Waals surface area contributed by atoms with Gasteiger partial charge in [-0.3, -0.25) is 4.79 Å². The first-order valence-corrected chi connectivity index (χ1v) is 12.4. The summed E-state index contributed by atoms with van der Waals surface area (Å²) in [5.74, 6) is 0.979. The Bertz CT molecular complexity index is 1180. The number of thiocarbonyl (C=S) groups is 1. The maximum absolute atomic E-state index is 13.2. The number of piperidine rings is 1. The van der Waals surface area contributed by atoms with E-state index in [2.05, 4.69) is 41.4 Å². The highest BCUT2D eigenvalue weighted by Crippen LogP contribution is 2.41. The van der Waals surface area contributed by atoms with E-state index in [4.69, 9.17) is 21.4 Å². The van der Waals surface area contributed by atoms with Crippen molar-refractivity contribution >= 4 is 34.2 Å². The lowest BCUT2D eigenvalue weighted by molar-refractivity contribution is 0.0570. The number of para-hydroxylation sites is 1. The van der Waals surface area contributed by atoms with Crippen molar-refractivity contribution in [1.82, 2.24) is 15.1 Å². The number of hydrogen-bond acceptors (Lipinski definition) is 4. The quantitative estimate of drug-likeness (QED) is 0.534. The average Bonchev–Trinajstić information content (AvgIpc) is 3.49. The number of rotatable bonds is 4. The molecular formula is C27H31N3O3S. The van der Waals surface area contributed by atoms with Crippen molar-refractivity contribution in [2.24, 2.45) is 5.41 Å². The zero-order valence-corrected chi connectivity index (χ0v) is 20.6. The lowest BCUT2D eigenvalue weighted by Gasteiger charge is -2.39.